The van der Waals surface area contributed by atoms with E-state index in [0.717, 1.165) is 5.56 Å². The zero-order chi connectivity index (χ0) is 25.9. The molecular weight excluding hydrogens is 468 g/mol. The highest BCUT2D eigenvalue weighted by Gasteiger charge is 2.64. The van der Waals surface area contributed by atoms with E-state index in [9.17, 15) is 23.2 Å². The van der Waals surface area contributed by atoms with Crippen molar-refractivity contribution in [2.75, 3.05) is 4.90 Å². The van der Waals surface area contributed by atoms with Crippen LogP contribution in [0.5, 0.6) is 5.75 Å². The first kappa shape index (κ1) is 25.0. The Balaban J connectivity index is 1.68. The molecule has 1 aliphatic heterocycles. The summed E-state index contributed by atoms with van der Waals surface area (Å²) in [4.78, 5) is 38.6. The summed E-state index contributed by atoms with van der Waals surface area (Å²) in [5.74, 6) is -1.94. The van der Waals surface area contributed by atoms with Crippen molar-refractivity contribution < 1.29 is 32.6 Å². The van der Waals surface area contributed by atoms with Gasteiger partial charge in [-0.15, -0.1) is 0 Å². The van der Waals surface area contributed by atoms with Gasteiger partial charge in [-0.25, -0.2) is 8.78 Å². The summed E-state index contributed by atoms with van der Waals surface area (Å²) in [5, 5.41) is 0. The standard InChI is InChI=1S/C28H25F2NO5/c1-18(32)35-25-15-7-21(8-16-25)26-28(36-19(2)33,17-3-4-20-5-9-22(29)10-6-20)27(34)31(26)24-13-11-23(30)12-14-24/h5-16,26H,3-4,17H2,1-2H3/t26-,28-/m0/s1. The molecule has 1 amide bonds. The van der Waals surface area contributed by atoms with Crippen LogP contribution < -0.4 is 9.64 Å². The number of benzene rings is 3. The van der Waals surface area contributed by atoms with E-state index in [4.69, 9.17) is 9.47 Å². The predicted molar refractivity (Wildman–Crippen MR) is 128 cm³/mol. The number of aryl methyl sites for hydroxylation is 1. The van der Waals surface area contributed by atoms with E-state index in [1.54, 1.807) is 36.4 Å². The maximum Gasteiger partial charge on any atom is 0.308 e. The Morgan fingerprint density at radius 1 is 0.861 bits per heavy atom. The second-order valence-electron chi connectivity index (χ2n) is 8.68. The first-order valence-corrected chi connectivity index (χ1v) is 11.5. The third-order valence-electron chi connectivity index (χ3n) is 6.10. The fourth-order valence-corrected chi connectivity index (χ4v) is 4.61. The molecule has 0 radical (unpaired) electrons. The largest absolute Gasteiger partial charge is 0.446 e. The Hall–Kier alpha value is -4.07. The van der Waals surface area contributed by atoms with E-state index >= 15 is 0 Å². The molecule has 0 spiro atoms. The van der Waals surface area contributed by atoms with Crippen LogP contribution in [-0.2, 0) is 25.5 Å². The van der Waals surface area contributed by atoms with Crippen molar-refractivity contribution in [1.29, 1.82) is 0 Å². The Kier molecular flexibility index (Phi) is 7.15. The topological polar surface area (TPSA) is 72.9 Å². The summed E-state index contributed by atoms with van der Waals surface area (Å²) in [5.41, 5.74) is 0.511. The highest BCUT2D eigenvalue weighted by atomic mass is 19.1. The van der Waals surface area contributed by atoms with Crippen LogP contribution in [0.3, 0.4) is 0 Å². The number of hydrogen-bond acceptors (Lipinski definition) is 5. The molecule has 1 fully saturated rings. The molecule has 2 atom stereocenters. The number of nitrogens with zero attached hydrogens (tertiary/aromatic N) is 1. The maximum absolute atomic E-state index is 13.6. The molecule has 4 rings (SSSR count). The van der Waals surface area contributed by atoms with Crippen molar-refractivity contribution in [2.24, 2.45) is 0 Å². The van der Waals surface area contributed by atoms with Gasteiger partial charge >= 0.3 is 11.9 Å². The van der Waals surface area contributed by atoms with Crippen molar-refractivity contribution in [2.45, 2.75) is 44.8 Å². The number of carbonyl (C=O) groups is 3. The second kappa shape index (κ2) is 10.3. The molecule has 3 aromatic carbocycles. The van der Waals surface area contributed by atoms with E-state index in [-0.39, 0.29) is 12.2 Å². The normalized spacial score (nSPS) is 18.9. The lowest BCUT2D eigenvalue weighted by Crippen LogP contribution is -2.70. The summed E-state index contributed by atoms with van der Waals surface area (Å²) < 4.78 is 37.7. The molecule has 186 valence electrons. The van der Waals surface area contributed by atoms with Gasteiger partial charge in [-0.05, 0) is 78.9 Å². The number of esters is 2. The van der Waals surface area contributed by atoms with Crippen LogP contribution in [0.25, 0.3) is 0 Å². The highest BCUT2D eigenvalue weighted by Crippen LogP contribution is 2.51. The minimum atomic E-state index is -1.48. The van der Waals surface area contributed by atoms with Crippen molar-refractivity contribution in [3.63, 3.8) is 0 Å². The van der Waals surface area contributed by atoms with Crippen LogP contribution in [0, 0.1) is 11.6 Å². The van der Waals surface area contributed by atoms with E-state index in [1.165, 1.54) is 55.1 Å². The maximum atomic E-state index is 13.6. The molecule has 0 bridgehead atoms. The minimum absolute atomic E-state index is 0.219. The molecule has 6 nitrogen and oxygen atoms in total. The molecule has 0 N–H and O–H groups in total. The van der Waals surface area contributed by atoms with Crippen LogP contribution in [0.1, 0.15) is 43.9 Å². The number of rotatable bonds is 8. The van der Waals surface area contributed by atoms with Gasteiger partial charge in [0.1, 0.15) is 23.4 Å². The highest BCUT2D eigenvalue weighted by molar-refractivity contribution is 6.09. The molecule has 1 heterocycles. The number of ether oxygens (including phenoxy) is 2. The summed E-state index contributed by atoms with van der Waals surface area (Å²) in [6, 6.07) is 17.5. The molecular formula is C28H25F2NO5. The van der Waals surface area contributed by atoms with Gasteiger partial charge in [-0.3, -0.25) is 19.3 Å². The SMILES string of the molecule is CC(=O)Oc1ccc([C@@H]2N(c3ccc(F)cc3)C(=O)[C@@]2(CCCc2ccc(F)cc2)OC(C)=O)cc1. The number of halogens is 2. The van der Waals surface area contributed by atoms with Crippen LogP contribution in [0.15, 0.2) is 72.8 Å². The quantitative estimate of drug-likeness (QED) is 0.242. The first-order valence-electron chi connectivity index (χ1n) is 11.5. The third kappa shape index (κ3) is 5.12. The van der Waals surface area contributed by atoms with Gasteiger partial charge in [0.15, 0.2) is 0 Å². The van der Waals surface area contributed by atoms with Crippen molar-refractivity contribution in [1.82, 2.24) is 0 Å². The Bertz CT molecular complexity index is 1260. The van der Waals surface area contributed by atoms with Gasteiger partial charge in [0.05, 0.1) is 0 Å². The summed E-state index contributed by atoms with van der Waals surface area (Å²) in [7, 11) is 0. The fraction of sp³-hybridized carbons (Fsp3) is 0.250. The first-order chi connectivity index (χ1) is 17.2. The summed E-state index contributed by atoms with van der Waals surface area (Å²) >= 11 is 0. The molecule has 0 aliphatic carbocycles. The van der Waals surface area contributed by atoms with Crippen LogP contribution in [0.4, 0.5) is 14.5 Å². The smallest absolute Gasteiger partial charge is 0.308 e. The van der Waals surface area contributed by atoms with E-state index < -0.39 is 35.3 Å². The average Bonchev–Trinajstić information content (AvgIpc) is 2.84. The molecule has 0 saturated carbocycles. The van der Waals surface area contributed by atoms with Gasteiger partial charge in [0.2, 0.25) is 5.60 Å². The van der Waals surface area contributed by atoms with Gasteiger partial charge in [0.25, 0.3) is 5.91 Å². The molecule has 36 heavy (non-hydrogen) atoms. The Morgan fingerprint density at radius 2 is 1.44 bits per heavy atom. The molecule has 1 aliphatic rings. The lowest BCUT2D eigenvalue weighted by Gasteiger charge is -2.55. The number of β-lactam (4-membered cyclic amide) rings is 1. The molecule has 0 aromatic heterocycles. The van der Waals surface area contributed by atoms with Gasteiger partial charge < -0.3 is 9.47 Å². The second-order valence-corrected chi connectivity index (χ2v) is 8.68. The molecule has 0 unspecified atom stereocenters. The van der Waals surface area contributed by atoms with E-state index in [2.05, 4.69) is 0 Å². The lowest BCUT2D eigenvalue weighted by molar-refractivity contribution is -0.180. The van der Waals surface area contributed by atoms with E-state index in [1.807, 2.05) is 0 Å². The van der Waals surface area contributed by atoms with Crippen molar-refractivity contribution >= 4 is 23.5 Å². The van der Waals surface area contributed by atoms with Crippen LogP contribution >= 0.6 is 0 Å². The summed E-state index contributed by atoms with van der Waals surface area (Å²) in [6.45, 7) is 2.54. The predicted octanol–water partition coefficient (Wildman–Crippen LogP) is 5.30. The number of carbonyl (C=O) groups excluding carboxylic acids is 3. The Morgan fingerprint density at radius 3 is 2.00 bits per heavy atom. The number of anilines is 1. The zero-order valence-corrected chi connectivity index (χ0v) is 19.9. The number of amides is 1. The van der Waals surface area contributed by atoms with Crippen LogP contribution in [-0.4, -0.2) is 23.4 Å². The van der Waals surface area contributed by atoms with Gasteiger partial charge in [-0.2, -0.15) is 0 Å². The van der Waals surface area contributed by atoms with Crippen molar-refractivity contribution in [3.8, 4) is 5.75 Å². The molecule has 1 saturated heterocycles. The summed E-state index contributed by atoms with van der Waals surface area (Å²) in [6.07, 6.45) is 1.26. The fourth-order valence-electron chi connectivity index (χ4n) is 4.61. The number of hydrogen-bond donors (Lipinski definition) is 0. The monoisotopic (exact) mass is 493 g/mol. The third-order valence-corrected chi connectivity index (χ3v) is 6.10. The van der Waals surface area contributed by atoms with E-state index in [0.29, 0.717) is 29.8 Å². The van der Waals surface area contributed by atoms with Gasteiger partial charge in [-0.1, -0.05) is 24.3 Å². The van der Waals surface area contributed by atoms with Gasteiger partial charge in [0, 0.05) is 19.5 Å². The molecule has 3 aromatic rings. The minimum Gasteiger partial charge on any atom is -0.446 e. The molecule has 8 heteroatoms. The average molecular weight is 494 g/mol. The van der Waals surface area contributed by atoms with Crippen LogP contribution in [0.2, 0.25) is 0 Å². The van der Waals surface area contributed by atoms with Crippen molar-refractivity contribution in [3.05, 3.63) is 95.6 Å². The zero-order valence-electron chi connectivity index (χ0n) is 19.9. The lowest BCUT2D eigenvalue weighted by atomic mass is 9.73. The Labute approximate surface area is 207 Å².